The number of sulfonamides is 1. The number of fused-ring (bicyclic) bond motifs is 3. The monoisotopic (exact) mass is 477 g/mol. The van der Waals surface area contributed by atoms with Gasteiger partial charge in [0.1, 0.15) is 10.7 Å². The third-order valence-corrected chi connectivity index (χ3v) is 8.15. The van der Waals surface area contributed by atoms with E-state index >= 15 is 0 Å². The highest BCUT2D eigenvalue weighted by molar-refractivity contribution is 7.98. The number of nitrogens with zero attached hydrogens (tertiary/aromatic N) is 3. The van der Waals surface area contributed by atoms with Crippen molar-refractivity contribution >= 4 is 27.5 Å². The van der Waals surface area contributed by atoms with E-state index in [0.29, 0.717) is 22.3 Å². The summed E-state index contributed by atoms with van der Waals surface area (Å²) >= 11 is 1.38. The Labute approximate surface area is 196 Å². The number of para-hydroxylation sites is 1. The van der Waals surface area contributed by atoms with Crippen LogP contribution in [0.3, 0.4) is 0 Å². The van der Waals surface area contributed by atoms with Crippen LogP contribution in [0.5, 0.6) is 0 Å². The molecule has 166 valence electrons. The quantitative estimate of drug-likeness (QED) is 0.277. The molecule has 33 heavy (non-hydrogen) atoms. The van der Waals surface area contributed by atoms with Gasteiger partial charge < -0.3 is 0 Å². The molecule has 0 fully saturated rings. The Morgan fingerprint density at radius 1 is 0.939 bits per heavy atom. The van der Waals surface area contributed by atoms with Gasteiger partial charge in [0, 0.05) is 11.3 Å². The maximum absolute atomic E-state index is 13.6. The fourth-order valence-corrected chi connectivity index (χ4v) is 6.04. The number of aromatic nitrogens is 2. The zero-order valence-corrected chi connectivity index (χ0v) is 19.4. The number of anilines is 1. The number of rotatable bonds is 5. The summed E-state index contributed by atoms with van der Waals surface area (Å²) in [5.41, 5.74) is 4.70. The first kappa shape index (κ1) is 21.6. The van der Waals surface area contributed by atoms with Gasteiger partial charge in [-0.2, -0.15) is 0 Å². The van der Waals surface area contributed by atoms with Crippen molar-refractivity contribution in [3.8, 4) is 11.3 Å². The molecule has 1 aromatic heterocycles. The van der Waals surface area contributed by atoms with Crippen LogP contribution < -0.4 is 4.31 Å². The van der Waals surface area contributed by atoms with Crippen molar-refractivity contribution in [2.75, 3.05) is 4.31 Å². The first-order valence-electron chi connectivity index (χ1n) is 10.3. The van der Waals surface area contributed by atoms with Crippen LogP contribution in [0.15, 0.2) is 89.0 Å². The van der Waals surface area contributed by atoms with Gasteiger partial charge in [-0.25, -0.2) is 22.8 Å². The fraction of sp³-hybridized carbons (Fsp3) is 0.120. The smallest absolute Gasteiger partial charge is 0.261 e. The van der Waals surface area contributed by atoms with Crippen molar-refractivity contribution in [1.82, 2.24) is 9.97 Å². The Hall–Kier alpha value is -3.23. The number of halogens is 1. The molecule has 3 aromatic carbocycles. The second-order valence-electron chi connectivity index (χ2n) is 7.80. The number of thioether (sulfide) groups is 1. The van der Waals surface area contributed by atoms with E-state index in [9.17, 15) is 12.8 Å². The first-order valence-corrected chi connectivity index (χ1v) is 12.8. The van der Waals surface area contributed by atoms with E-state index in [0.717, 1.165) is 22.3 Å². The van der Waals surface area contributed by atoms with Gasteiger partial charge in [-0.3, -0.25) is 4.31 Å². The van der Waals surface area contributed by atoms with Gasteiger partial charge in [0.05, 0.1) is 24.1 Å². The average molecular weight is 478 g/mol. The predicted molar refractivity (Wildman–Crippen MR) is 128 cm³/mol. The lowest BCUT2D eigenvalue weighted by Gasteiger charge is -2.31. The van der Waals surface area contributed by atoms with Crippen LogP contribution in [-0.4, -0.2) is 18.4 Å². The van der Waals surface area contributed by atoms with Crippen LogP contribution in [0.25, 0.3) is 11.3 Å². The summed E-state index contributed by atoms with van der Waals surface area (Å²) in [4.78, 5) is 9.02. The molecule has 0 bridgehead atoms. The highest BCUT2D eigenvalue weighted by Gasteiger charge is 2.36. The second-order valence-corrected chi connectivity index (χ2v) is 10.6. The number of hydrogen-bond donors (Lipinski definition) is 0. The molecule has 0 unspecified atom stereocenters. The lowest BCUT2D eigenvalue weighted by molar-refractivity contribution is 0.588. The molecule has 8 heteroatoms. The molecule has 0 atom stereocenters. The molecular weight excluding hydrogens is 457 g/mol. The predicted octanol–water partition coefficient (Wildman–Crippen LogP) is 5.59. The minimum absolute atomic E-state index is 0.0967. The Bertz CT molecular complexity index is 1420. The Morgan fingerprint density at radius 3 is 2.39 bits per heavy atom. The lowest BCUT2D eigenvalue weighted by Crippen LogP contribution is -2.34. The third kappa shape index (κ3) is 4.24. The molecule has 1 aliphatic rings. The lowest BCUT2D eigenvalue weighted by atomic mass is 10.1. The van der Waals surface area contributed by atoms with E-state index in [4.69, 9.17) is 0 Å². The number of aryl methyl sites for hydroxylation is 1. The minimum atomic E-state index is -3.84. The number of benzene rings is 3. The van der Waals surface area contributed by atoms with E-state index < -0.39 is 10.0 Å². The van der Waals surface area contributed by atoms with Crippen LogP contribution in [0.2, 0.25) is 0 Å². The average Bonchev–Trinajstić information content (AvgIpc) is 2.82. The van der Waals surface area contributed by atoms with Crippen molar-refractivity contribution in [2.45, 2.75) is 29.3 Å². The maximum atomic E-state index is 13.6. The van der Waals surface area contributed by atoms with Crippen molar-refractivity contribution in [3.05, 3.63) is 102 Å². The van der Waals surface area contributed by atoms with Crippen molar-refractivity contribution < 1.29 is 12.8 Å². The third-order valence-electron chi connectivity index (χ3n) is 5.46. The summed E-state index contributed by atoms with van der Waals surface area (Å²) in [6, 6.07) is 21.5. The van der Waals surface area contributed by atoms with E-state index in [1.165, 1.54) is 34.4 Å². The topological polar surface area (TPSA) is 63.2 Å². The van der Waals surface area contributed by atoms with E-state index in [1.54, 1.807) is 18.2 Å². The van der Waals surface area contributed by atoms with E-state index in [-0.39, 0.29) is 17.3 Å². The largest absolute Gasteiger partial charge is 0.268 e. The SMILES string of the molecule is Cc1ccc(CN2c3ccccc3-c3nc(SCc4ccc(F)cc4)ncc3S2(=O)=O)cc1. The summed E-state index contributed by atoms with van der Waals surface area (Å²) < 4.78 is 41.7. The van der Waals surface area contributed by atoms with Gasteiger partial charge in [0.25, 0.3) is 10.0 Å². The van der Waals surface area contributed by atoms with E-state index in [1.807, 2.05) is 49.4 Å². The molecule has 0 saturated heterocycles. The molecule has 0 spiro atoms. The van der Waals surface area contributed by atoms with Crippen LogP contribution in [0.1, 0.15) is 16.7 Å². The molecule has 5 nitrogen and oxygen atoms in total. The number of hydrogen-bond acceptors (Lipinski definition) is 5. The van der Waals surface area contributed by atoms with Crippen molar-refractivity contribution in [2.24, 2.45) is 0 Å². The maximum Gasteiger partial charge on any atom is 0.268 e. The molecule has 2 heterocycles. The normalized spacial score (nSPS) is 13.9. The first-order chi connectivity index (χ1) is 15.9. The Kier molecular flexibility index (Phi) is 5.64. The minimum Gasteiger partial charge on any atom is -0.261 e. The summed E-state index contributed by atoms with van der Waals surface area (Å²) in [5, 5.41) is 0.468. The summed E-state index contributed by atoms with van der Waals surface area (Å²) in [7, 11) is -3.84. The summed E-state index contributed by atoms with van der Waals surface area (Å²) in [6.07, 6.45) is 1.39. The molecule has 0 radical (unpaired) electrons. The molecule has 0 saturated carbocycles. The van der Waals surface area contributed by atoms with Crippen LogP contribution >= 0.6 is 11.8 Å². The molecule has 5 rings (SSSR count). The molecule has 0 aliphatic carbocycles. The van der Waals surface area contributed by atoms with Gasteiger partial charge in [0.15, 0.2) is 5.16 Å². The highest BCUT2D eigenvalue weighted by atomic mass is 32.2. The second kappa shape index (κ2) is 8.61. The van der Waals surface area contributed by atoms with Crippen LogP contribution in [0.4, 0.5) is 10.1 Å². The fourth-order valence-electron chi connectivity index (χ4n) is 3.70. The molecule has 1 aliphatic heterocycles. The molecule has 0 amide bonds. The summed E-state index contributed by atoms with van der Waals surface area (Å²) in [6.45, 7) is 2.22. The molecule has 0 N–H and O–H groups in total. The van der Waals surface area contributed by atoms with Gasteiger partial charge in [-0.1, -0.05) is 71.9 Å². The Morgan fingerprint density at radius 2 is 1.64 bits per heavy atom. The zero-order chi connectivity index (χ0) is 23.0. The molecular formula is C25H20FN3O2S2. The van der Waals surface area contributed by atoms with Crippen molar-refractivity contribution in [3.63, 3.8) is 0 Å². The van der Waals surface area contributed by atoms with Gasteiger partial charge in [-0.05, 0) is 36.2 Å². The highest BCUT2D eigenvalue weighted by Crippen LogP contribution is 2.43. The van der Waals surface area contributed by atoms with Gasteiger partial charge >= 0.3 is 0 Å². The standard InChI is InChI=1S/C25H20FN3O2S2/c1-17-6-8-18(9-7-17)15-29-22-5-3-2-4-21(22)24-23(33(29,30)31)14-27-25(28-24)32-16-19-10-12-20(26)13-11-19/h2-14H,15-16H2,1H3. The zero-order valence-electron chi connectivity index (χ0n) is 17.8. The van der Waals surface area contributed by atoms with Crippen molar-refractivity contribution in [1.29, 1.82) is 0 Å². The summed E-state index contributed by atoms with van der Waals surface area (Å²) in [5.74, 6) is 0.262. The van der Waals surface area contributed by atoms with Crippen LogP contribution in [0, 0.1) is 12.7 Å². The van der Waals surface area contributed by atoms with E-state index in [2.05, 4.69) is 9.97 Å². The molecule has 4 aromatic rings. The van der Waals surface area contributed by atoms with Gasteiger partial charge in [-0.15, -0.1) is 0 Å². The Balaban J connectivity index is 1.50. The van der Waals surface area contributed by atoms with Gasteiger partial charge in [0.2, 0.25) is 0 Å². The van der Waals surface area contributed by atoms with Crippen LogP contribution in [-0.2, 0) is 22.3 Å².